The number of halogens is 3. The molecular formula is C18H15F3N2O4. The average Bonchev–Trinajstić information content (AvgIpc) is 2.64. The molecule has 0 aliphatic carbocycles. The van der Waals surface area contributed by atoms with Gasteiger partial charge in [0.1, 0.15) is 5.56 Å². The van der Waals surface area contributed by atoms with E-state index in [1.165, 1.54) is 23.2 Å². The quantitative estimate of drug-likeness (QED) is 0.882. The maximum atomic E-state index is 12.9. The number of fused-ring (bicyclic) bond motifs is 1. The van der Waals surface area contributed by atoms with Crippen LogP contribution in [-0.4, -0.2) is 46.2 Å². The fourth-order valence-corrected chi connectivity index (χ4v) is 2.96. The number of ether oxygens (including phenoxy) is 1. The second-order valence-corrected chi connectivity index (χ2v) is 6.04. The number of hydrogen-bond acceptors (Lipinski definition) is 4. The Bertz CT molecular complexity index is 870. The molecule has 1 amide bonds. The molecule has 1 aliphatic rings. The first-order valence-corrected chi connectivity index (χ1v) is 8.00. The van der Waals surface area contributed by atoms with E-state index in [2.05, 4.69) is 9.72 Å². The van der Waals surface area contributed by atoms with Crippen LogP contribution >= 0.6 is 0 Å². The maximum Gasteiger partial charge on any atom is 0.422 e. The van der Waals surface area contributed by atoms with Crippen LogP contribution in [0.4, 0.5) is 13.2 Å². The molecule has 6 nitrogen and oxygen atoms in total. The van der Waals surface area contributed by atoms with Gasteiger partial charge in [-0.25, -0.2) is 4.98 Å². The molecule has 1 aliphatic heterocycles. The van der Waals surface area contributed by atoms with Crippen molar-refractivity contribution in [2.75, 3.05) is 13.2 Å². The number of carbonyl (C=O) groups excluding carboxylic acids is 1. The van der Waals surface area contributed by atoms with Crippen molar-refractivity contribution in [2.24, 2.45) is 0 Å². The molecule has 0 radical (unpaired) electrons. The van der Waals surface area contributed by atoms with Crippen LogP contribution in [-0.2, 0) is 11.3 Å². The summed E-state index contributed by atoms with van der Waals surface area (Å²) in [7, 11) is 0. The van der Waals surface area contributed by atoms with Gasteiger partial charge >= 0.3 is 12.1 Å². The molecule has 1 aromatic carbocycles. The van der Waals surface area contributed by atoms with Gasteiger partial charge in [-0.05, 0) is 23.3 Å². The molecule has 2 heterocycles. The van der Waals surface area contributed by atoms with Crippen molar-refractivity contribution in [3.63, 3.8) is 0 Å². The monoisotopic (exact) mass is 380 g/mol. The lowest BCUT2D eigenvalue weighted by molar-refractivity contribution is -0.154. The Balaban J connectivity index is 1.88. The molecule has 0 fully saturated rings. The third-order valence-electron chi connectivity index (χ3n) is 4.15. The summed E-state index contributed by atoms with van der Waals surface area (Å²) in [4.78, 5) is 29.4. The summed E-state index contributed by atoms with van der Waals surface area (Å²) in [6.07, 6.45) is -3.36. The Morgan fingerprint density at radius 3 is 2.67 bits per heavy atom. The zero-order valence-electron chi connectivity index (χ0n) is 13.9. The van der Waals surface area contributed by atoms with Gasteiger partial charge in [-0.3, -0.25) is 9.59 Å². The second-order valence-electron chi connectivity index (χ2n) is 6.04. The van der Waals surface area contributed by atoms with Crippen LogP contribution in [0.3, 0.4) is 0 Å². The largest absolute Gasteiger partial charge is 0.481 e. The molecule has 1 atom stereocenters. The number of carboxylic acids is 1. The normalized spacial score (nSPS) is 16.6. The predicted molar refractivity (Wildman–Crippen MR) is 87.3 cm³/mol. The molecule has 0 spiro atoms. The van der Waals surface area contributed by atoms with E-state index < -0.39 is 36.5 Å². The number of benzene rings is 1. The van der Waals surface area contributed by atoms with E-state index in [0.717, 1.165) is 0 Å². The Morgan fingerprint density at radius 1 is 1.22 bits per heavy atom. The zero-order valence-corrected chi connectivity index (χ0v) is 13.9. The van der Waals surface area contributed by atoms with Gasteiger partial charge in [0.05, 0.1) is 5.92 Å². The SMILES string of the molecule is O=C(O)C1CN(C(=O)c2cccnc2OCC(F)(F)F)Cc2ccccc21. The minimum absolute atomic E-state index is 0.0984. The van der Waals surface area contributed by atoms with Gasteiger partial charge < -0.3 is 14.7 Å². The number of rotatable bonds is 4. The molecule has 2 aromatic rings. The summed E-state index contributed by atoms with van der Waals surface area (Å²) in [5.41, 5.74) is 1.14. The number of aromatic nitrogens is 1. The number of aliphatic carboxylic acids is 1. The van der Waals surface area contributed by atoms with Crippen molar-refractivity contribution in [1.29, 1.82) is 0 Å². The second kappa shape index (κ2) is 7.26. The highest BCUT2D eigenvalue weighted by molar-refractivity contribution is 5.97. The molecule has 27 heavy (non-hydrogen) atoms. The van der Waals surface area contributed by atoms with Gasteiger partial charge in [-0.1, -0.05) is 24.3 Å². The first kappa shape index (κ1) is 18.7. The number of hydrogen-bond donors (Lipinski definition) is 1. The summed E-state index contributed by atoms with van der Waals surface area (Å²) in [6, 6.07) is 9.56. The Labute approximate surface area is 152 Å². The fourth-order valence-electron chi connectivity index (χ4n) is 2.96. The Hall–Kier alpha value is -3.10. The number of amides is 1. The van der Waals surface area contributed by atoms with E-state index >= 15 is 0 Å². The molecule has 1 unspecified atom stereocenters. The van der Waals surface area contributed by atoms with Crippen molar-refractivity contribution in [2.45, 2.75) is 18.6 Å². The van der Waals surface area contributed by atoms with Gasteiger partial charge in [0.15, 0.2) is 6.61 Å². The molecule has 142 valence electrons. The molecule has 0 saturated heterocycles. The minimum Gasteiger partial charge on any atom is -0.481 e. The summed E-state index contributed by atoms with van der Waals surface area (Å²) < 4.78 is 41.9. The number of pyridine rings is 1. The number of nitrogens with zero attached hydrogens (tertiary/aromatic N) is 2. The van der Waals surface area contributed by atoms with Crippen LogP contribution in [0, 0.1) is 0 Å². The van der Waals surface area contributed by atoms with E-state index in [1.54, 1.807) is 24.3 Å². The average molecular weight is 380 g/mol. The van der Waals surface area contributed by atoms with E-state index in [-0.39, 0.29) is 18.7 Å². The molecule has 0 bridgehead atoms. The molecule has 0 saturated carbocycles. The lowest BCUT2D eigenvalue weighted by Gasteiger charge is -2.33. The van der Waals surface area contributed by atoms with Gasteiger partial charge in [-0.15, -0.1) is 0 Å². The van der Waals surface area contributed by atoms with Crippen LogP contribution in [0.1, 0.15) is 27.4 Å². The number of carboxylic acid groups (broad SMARTS) is 1. The van der Waals surface area contributed by atoms with Crippen LogP contribution < -0.4 is 4.74 Å². The fraction of sp³-hybridized carbons (Fsp3) is 0.278. The van der Waals surface area contributed by atoms with Crippen molar-refractivity contribution in [3.8, 4) is 5.88 Å². The third kappa shape index (κ3) is 4.18. The standard InChI is InChI=1S/C18H15F3N2O4/c19-18(20,21)10-27-15-13(6-3-7-22-15)16(24)23-8-11-4-1-2-5-12(11)14(9-23)17(25)26/h1-7,14H,8-10H2,(H,25,26). The van der Waals surface area contributed by atoms with E-state index in [9.17, 15) is 27.9 Å². The smallest absolute Gasteiger partial charge is 0.422 e. The Kier molecular flexibility index (Phi) is 5.02. The Morgan fingerprint density at radius 2 is 1.96 bits per heavy atom. The molecule has 1 N–H and O–H groups in total. The van der Waals surface area contributed by atoms with Crippen molar-refractivity contribution >= 4 is 11.9 Å². The number of alkyl halides is 3. The van der Waals surface area contributed by atoms with Crippen molar-refractivity contribution in [3.05, 3.63) is 59.3 Å². The summed E-state index contributed by atoms with van der Waals surface area (Å²) in [5, 5.41) is 9.48. The minimum atomic E-state index is -4.57. The topological polar surface area (TPSA) is 79.7 Å². The van der Waals surface area contributed by atoms with Crippen molar-refractivity contribution in [1.82, 2.24) is 9.88 Å². The first-order valence-electron chi connectivity index (χ1n) is 8.00. The third-order valence-corrected chi connectivity index (χ3v) is 4.15. The van der Waals surface area contributed by atoms with Crippen LogP contribution in [0.25, 0.3) is 0 Å². The lowest BCUT2D eigenvalue weighted by Crippen LogP contribution is -2.40. The highest BCUT2D eigenvalue weighted by Gasteiger charge is 2.34. The summed E-state index contributed by atoms with van der Waals surface area (Å²) in [6.45, 7) is -1.53. The maximum absolute atomic E-state index is 12.9. The first-order chi connectivity index (χ1) is 12.8. The molecular weight excluding hydrogens is 365 g/mol. The number of carbonyl (C=O) groups is 2. The van der Waals surface area contributed by atoms with E-state index in [4.69, 9.17) is 0 Å². The van der Waals surface area contributed by atoms with E-state index in [1.807, 2.05) is 0 Å². The van der Waals surface area contributed by atoms with Gasteiger partial charge in [0.2, 0.25) is 5.88 Å². The van der Waals surface area contributed by atoms with Crippen LogP contribution in [0.2, 0.25) is 0 Å². The van der Waals surface area contributed by atoms with Gasteiger partial charge in [-0.2, -0.15) is 13.2 Å². The van der Waals surface area contributed by atoms with Crippen LogP contribution in [0.15, 0.2) is 42.6 Å². The van der Waals surface area contributed by atoms with Gasteiger partial charge in [0, 0.05) is 19.3 Å². The molecule has 3 rings (SSSR count). The van der Waals surface area contributed by atoms with Gasteiger partial charge in [0.25, 0.3) is 5.91 Å². The molecule has 1 aromatic heterocycles. The summed E-state index contributed by atoms with van der Waals surface area (Å²) in [5.74, 6) is -3.08. The van der Waals surface area contributed by atoms with E-state index in [0.29, 0.717) is 11.1 Å². The van der Waals surface area contributed by atoms with Crippen molar-refractivity contribution < 1.29 is 32.6 Å². The highest BCUT2D eigenvalue weighted by Crippen LogP contribution is 2.30. The summed E-state index contributed by atoms with van der Waals surface area (Å²) >= 11 is 0. The van der Waals surface area contributed by atoms with Crippen LogP contribution in [0.5, 0.6) is 5.88 Å². The molecule has 9 heteroatoms. The zero-order chi connectivity index (χ0) is 19.6. The highest BCUT2D eigenvalue weighted by atomic mass is 19.4. The predicted octanol–water partition coefficient (Wildman–Crippen LogP) is 2.85. The lowest BCUT2D eigenvalue weighted by atomic mass is 9.89.